The Labute approximate surface area is 226 Å². The molecular formula is C31H31F2N3O3. The van der Waals surface area contributed by atoms with E-state index in [9.17, 15) is 13.6 Å². The molecule has 2 aliphatic heterocycles. The number of nitrogens with zero attached hydrogens (tertiary/aromatic N) is 2. The van der Waals surface area contributed by atoms with Crippen molar-refractivity contribution in [1.82, 2.24) is 10.2 Å². The average molecular weight is 532 g/mol. The maximum atomic E-state index is 14.7. The Morgan fingerprint density at radius 3 is 2.54 bits per heavy atom. The lowest BCUT2D eigenvalue weighted by atomic mass is 9.96. The molecule has 1 saturated carbocycles. The molecule has 0 aromatic heterocycles. The Kier molecular flexibility index (Phi) is 7.28. The highest BCUT2D eigenvalue weighted by Gasteiger charge is 2.28. The summed E-state index contributed by atoms with van der Waals surface area (Å²) in [4.78, 5) is 21.3. The second kappa shape index (κ2) is 11.1. The molecule has 0 radical (unpaired) electrons. The summed E-state index contributed by atoms with van der Waals surface area (Å²) in [6.07, 6.45) is 4.80. The Balaban J connectivity index is 1.19. The van der Waals surface area contributed by atoms with Crippen LogP contribution in [0.4, 0.5) is 8.78 Å². The molecule has 2 heterocycles. The highest BCUT2D eigenvalue weighted by atomic mass is 19.1. The maximum Gasteiger partial charge on any atom is 0.274 e. The van der Waals surface area contributed by atoms with E-state index >= 15 is 0 Å². The summed E-state index contributed by atoms with van der Waals surface area (Å²) < 4.78 is 33.7. The zero-order valence-corrected chi connectivity index (χ0v) is 21.7. The fourth-order valence-electron chi connectivity index (χ4n) is 5.25. The second-order valence-corrected chi connectivity index (χ2v) is 10.6. The number of likely N-dealkylation sites (tertiary alicyclic amines) is 1. The van der Waals surface area contributed by atoms with Gasteiger partial charge in [0.2, 0.25) is 0 Å². The maximum absolute atomic E-state index is 14.7. The van der Waals surface area contributed by atoms with E-state index in [1.807, 2.05) is 24.3 Å². The van der Waals surface area contributed by atoms with Crippen LogP contribution in [0.5, 0.6) is 5.75 Å². The molecular weight excluding hydrogens is 500 g/mol. The van der Waals surface area contributed by atoms with Gasteiger partial charge in [-0.1, -0.05) is 35.5 Å². The number of fused-ring (bicyclic) bond motifs is 1. The molecule has 3 aliphatic rings. The van der Waals surface area contributed by atoms with Gasteiger partial charge in [-0.2, -0.15) is 0 Å². The van der Waals surface area contributed by atoms with Crippen LogP contribution in [0, 0.1) is 11.6 Å². The molecule has 6 rings (SSSR count). The molecule has 1 atom stereocenters. The smallest absolute Gasteiger partial charge is 0.274 e. The number of carbonyl (C=O) groups excluding carboxylic acids is 1. The third kappa shape index (κ3) is 6.11. The summed E-state index contributed by atoms with van der Waals surface area (Å²) in [7, 11) is 0. The molecule has 202 valence electrons. The summed E-state index contributed by atoms with van der Waals surface area (Å²) in [6, 6.07) is 16.8. The van der Waals surface area contributed by atoms with Crippen LogP contribution in [-0.4, -0.2) is 48.3 Å². The second-order valence-electron chi connectivity index (χ2n) is 10.6. The topological polar surface area (TPSA) is 63.2 Å². The number of hydrogen-bond acceptors (Lipinski definition) is 5. The number of halogens is 2. The van der Waals surface area contributed by atoms with Crippen molar-refractivity contribution in [3.8, 4) is 16.9 Å². The summed E-state index contributed by atoms with van der Waals surface area (Å²) in [5.74, 6) is -0.711. The van der Waals surface area contributed by atoms with Gasteiger partial charge in [0.15, 0.2) is 17.3 Å². The molecule has 39 heavy (non-hydrogen) atoms. The van der Waals surface area contributed by atoms with E-state index in [0.717, 1.165) is 61.0 Å². The standard InChI is InChI=1S/C31H31F2N3O3/c32-24-7-4-21(5-8-24)22-6-11-27-23(17-22)19-38-35-30(27)31(37)34-25(18-36-13-1-2-14-36)15-20-3-12-29(28(33)16-20)39-26-9-10-26/h3-8,11-12,16-17,25-26H,1-2,9-10,13-15,18-19H2,(H,34,37)/t25-/m0/s1. The minimum absolute atomic E-state index is 0.126. The summed E-state index contributed by atoms with van der Waals surface area (Å²) in [6.45, 7) is 2.87. The fraction of sp³-hybridized carbons (Fsp3) is 0.355. The number of rotatable bonds is 9. The van der Waals surface area contributed by atoms with Gasteiger partial charge in [-0.25, -0.2) is 8.78 Å². The van der Waals surface area contributed by atoms with Crippen molar-refractivity contribution in [3.05, 3.63) is 89.0 Å². The molecule has 2 fully saturated rings. The first-order valence-electron chi connectivity index (χ1n) is 13.6. The van der Waals surface area contributed by atoms with Gasteiger partial charge in [-0.3, -0.25) is 4.79 Å². The molecule has 1 amide bonds. The SMILES string of the molecule is O=C(N[C@@H](Cc1ccc(OC2CC2)c(F)c1)CN1CCCC1)C1=NOCc2cc(-c3ccc(F)cc3)ccc21. The molecule has 1 saturated heterocycles. The van der Waals surface area contributed by atoms with Crippen LogP contribution in [0.15, 0.2) is 65.8 Å². The highest BCUT2D eigenvalue weighted by molar-refractivity contribution is 6.45. The van der Waals surface area contributed by atoms with Crippen LogP contribution in [-0.2, 0) is 22.7 Å². The largest absolute Gasteiger partial charge is 0.487 e. The predicted molar refractivity (Wildman–Crippen MR) is 145 cm³/mol. The molecule has 6 nitrogen and oxygen atoms in total. The summed E-state index contributed by atoms with van der Waals surface area (Å²) in [5.41, 5.74) is 4.33. The number of hydrogen-bond donors (Lipinski definition) is 1. The molecule has 3 aromatic carbocycles. The molecule has 0 unspecified atom stereocenters. The van der Waals surface area contributed by atoms with Gasteiger partial charge in [0, 0.05) is 23.7 Å². The zero-order valence-electron chi connectivity index (χ0n) is 21.7. The average Bonchev–Trinajstić information content (AvgIpc) is 3.61. The number of oxime groups is 1. The van der Waals surface area contributed by atoms with E-state index in [1.165, 1.54) is 18.2 Å². The van der Waals surface area contributed by atoms with Crippen LogP contribution in [0.1, 0.15) is 42.4 Å². The van der Waals surface area contributed by atoms with Crippen molar-refractivity contribution >= 4 is 11.6 Å². The van der Waals surface area contributed by atoms with Gasteiger partial charge in [0.25, 0.3) is 5.91 Å². The Morgan fingerprint density at radius 2 is 1.79 bits per heavy atom. The van der Waals surface area contributed by atoms with Crippen LogP contribution >= 0.6 is 0 Å². The molecule has 8 heteroatoms. The quantitative estimate of drug-likeness (QED) is 0.411. The third-order valence-electron chi connectivity index (χ3n) is 7.44. The van der Waals surface area contributed by atoms with Gasteiger partial charge in [-0.15, -0.1) is 0 Å². The van der Waals surface area contributed by atoms with Gasteiger partial charge in [0.05, 0.1) is 6.10 Å². The van der Waals surface area contributed by atoms with Gasteiger partial charge in [-0.05, 0) is 92.2 Å². The Morgan fingerprint density at radius 1 is 1.03 bits per heavy atom. The zero-order chi connectivity index (χ0) is 26.8. The molecule has 1 N–H and O–H groups in total. The molecule has 0 bridgehead atoms. The van der Waals surface area contributed by atoms with E-state index in [1.54, 1.807) is 18.2 Å². The first-order valence-corrected chi connectivity index (χ1v) is 13.6. The number of benzene rings is 3. The molecule has 1 aliphatic carbocycles. The van der Waals surface area contributed by atoms with Crippen molar-refractivity contribution in [3.63, 3.8) is 0 Å². The van der Waals surface area contributed by atoms with Crippen molar-refractivity contribution < 1.29 is 23.1 Å². The van der Waals surface area contributed by atoms with Gasteiger partial charge < -0.3 is 19.8 Å². The van der Waals surface area contributed by atoms with Crippen molar-refractivity contribution in [2.45, 2.75) is 50.9 Å². The molecule has 0 spiro atoms. The van der Waals surface area contributed by atoms with Crippen LogP contribution in [0.25, 0.3) is 11.1 Å². The Bertz CT molecular complexity index is 1380. The minimum Gasteiger partial charge on any atom is -0.487 e. The highest BCUT2D eigenvalue weighted by Crippen LogP contribution is 2.29. The normalized spacial score (nSPS) is 17.6. The lowest BCUT2D eigenvalue weighted by molar-refractivity contribution is -0.115. The van der Waals surface area contributed by atoms with E-state index in [2.05, 4.69) is 15.4 Å². The van der Waals surface area contributed by atoms with E-state index < -0.39 is 0 Å². The number of nitrogens with one attached hydrogen (secondary N) is 1. The number of carbonyl (C=O) groups is 1. The van der Waals surface area contributed by atoms with Crippen LogP contribution in [0.2, 0.25) is 0 Å². The van der Waals surface area contributed by atoms with Crippen molar-refractivity contribution in [1.29, 1.82) is 0 Å². The lowest BCUT2D eigenvalue weighted by Crippen LogP contribution is -2.47. The van der Waals surface area contributed by atoms with Crippen LogP contribution < -0.4 is 10.1 Å². The Hall–Kier alpha value is -3.78. The van der Waals surface area contributed by atoms with Crippen molar-refractivity contribution in [2.24, 2.45) is 5.16 Å². The first kappa shape index (κ1) is 25.5. The van der Waals surface area contributed by atoms with Gasteiger partial charge in [0.1, 0.15) is 12.4 Å². The molecule has 3 aromatic rings. The lowest BCUT2D eigenvalue weighted by Gasteiger charge is -2.26. The summed E-state index contributed by atoms with van der Waals surface area (Å²) >= 11 is 0. The first-order chi connectivity index (χ1) is 19.0. The van der Waals surface area contributed by atoms with E-state index in [4.69, 9.17) is 9.57 Å². The predicted octanol–water partition coefficient (Wildman–Crippen LogP) is 5.23. The van der Waals surface area contributed by atoms with E-state index in [0.29, 0.717) is 18.5 Å². The summed E-state index contributed by atoms with van der Waals surface area (Å²) in [5, 5.41) is 7.25. The monoisotopic (exact) mass is 531 g/mol. The minimum atomic E-state index is -0.374. The third-order valence-corrected chi connectivity index (χ3v) is 7.44. The van der Waals surface area contributed by atoms with Gasteiger partial charge >= 0.3 is 0 Å². The van der Waals surface area contributed by atoms with E-state index in [-0.39, 0.29) is 47.8 Å². The number of ether oxygens (including phenoxy) is 1. The van der Waals surface area contributed by atoms with Crippen molar-refractivity contribution in [2.75, 3.05) is 19.6 Å². The fourth-order valence-corrected chi connectivity index (χ4v) is 5.25. The van der Waals surface area contributed by atoms with Crippen LogP contribution in [0.3, 0.4) is 0 Å². The number of amides is 1.